The summed E-state index contributed by atoms with van der Waals surface area (Å²) in [6.07, 6.45) is 0. The van der Waals surface area contributed by atoms with Crippen molar-refractivity contribution in [3.05, 3.63) is 60.7 Å². The number of nitrogen functional groups attached to an aromatic ring is 2. The predicted octanol–water partition coefficient (Wildman–Crippen LogP) is 1.78. The number of anilines is 6. The highest BCUT2D eigenvalue weighted by atomic mass is 32.2. The molecule has 3 rings (SSSR count). The van der Waals surface area contributed by atoms with E-state index in [1.54, 1.807) is 0 Å². The van der Waals surface area contributed by atoms with E-state index in [1.165, 1.54) is 36.4 Å². The summed E-state index contributed by atoms with van der Waals surface area (Å²) >= 11 is 0. The fourth-order valence-corrected chi connectivity index (χ4v) is 4.57. The normalized spacial score (nSPS) is 11.6. The maximum Gasteiger partial charge on any atom is 0.323 e. The first kappa shape index (κ1) is 26.2. The van der Waals surface area contributed by atoms with E-state index in [1.807, 2.05) is 0 Å². The Labute approximate surface area is 205 Å². The van der Waals surface area contributed by atoms with Crippen molar-refractivity contribution in [2.45, 2.75) is 9.79 Å². The fourth-order valence-electron chi connectivity index (χ4n) is 3.38. The molecule has 0 saturated carbocycles. The third-order valence-corrected chi connectivity index (χ3v) is 6.72. The van der Waals surface area contributed by atoms with Crippen molar-refractivity contribution in [1.29, 1.82) is 0 Å². The van der Waals surface area contributed by atoms with Gasteiger partial charge in [0.25, 0.3) is 20.2 Å². The molecule has 3 aromatic rings. The van der Waals surface area contributed by atoms with Crippen LogP contribution in [0.3, 0.4) is 0 Å². The van der Waals surface area contributed by atoms with Crippen LogP contribution in [0.1, 0.15) is 0 Å². The molecule has 0 aliphatic carbocycles. The number of nitrogens with two attached hydrogens (primary N) is 4. The van der Waals surface area contributed by atoms with Crippen molar-refractivity contribution >= 4 is 66.4 Å². The van der Waals surface area contributed by atoms with Gasteiger partial charge < -0.3 is 22.9 Å². The van der Waals surface area contributed by atoms with Crippen LogP contribution in [0, 0.1) is 0 Å². The Morgan fingerprint density at radius 2 is 0.861 bits per heavy atom. The van der Waals surface area contributed by atoms with Crippen LogP contribution in [0.5, 0.6) is 0 Å². The highest BCUT2D eigenvalue weighted by molar-refractivity contribution is 7.86. The third-order valence-electron chi connectivity index (χ3n) is 4.87. The summed E-state index contributed by atoms with van der Waals surface area (Å²) in [5, 5.41) is 0. The number of carbonyl (C=O) groups is 2. The fraction of sp³-hybridized carbons (Fsp3) is 0. The molecule has 0 spiro atoms. The van der Waals surface area contributed by atoms with E-state index in [0.717, 1.165) is 34.1 Å². The zero-order valence-corrected chi connectivity index (χ0v) is 19.8. The molecule has 0 fully saturated rings. The second kappa shape index (κ2) is 9.34. The summed E-state index contributed by atoms with van der Waals surface area (Å²) < 4.78 is 63.9. The lowest BCUT2D eigenvalue weighted by molar-refractivity contribution is 0.255. The lowest BCUT2D eigenvalue weighted by Gasteiger charge is -2.24. The number of rotatable bonds is 6. The molecular formula is C20H20N6O8S2. The second-order valence-electron chi connectivity index (χ2n) is 7.26. The van der Waals surface area contributed by atoms with Crippen molar-refractivity contribution in [2.75, 3.05) is 21.3 Å². The lowest BCUT2D eigenvalue weighted by atomic mass is 10.2. The molecule has 0 heterocycles. The molecule has 4 amide bonds. The Balaban J connectivity index is 2.02. The molecule has 0 saturated heterocycles. The van der Waals surface area contributed by atoms with Gasteiger partial charge in [0.2, 0.25) is 0 Å². The van der Waals surface area contributed by atoms with Gasteiger partial charge in [0.1, 0.15) is 9.79 Å². The smallest absolute Gasteiger partial charge is 0.323 e. The molecule has 36 heavy (non-hydrogen) atoms. The van der Waals surface area contributed by atoms with Crippen LogP contribution in [0.15, 0.2) is 70.5 Å². The van der Waals surface area contributed by atoms with Gasteiger partial charge in [0.15, 0.2) is 0 Å². The Hall–Kier alpha value is -4.38. The Morgan fingerprint density at radius 3 is 1.08 bits per heavy atom. The minimum Gasteiger partial charge on any atom is -0.398 e. The van der Waals surface area contributed by atoms with E-state index >= 15 is 0 Å². The molecule has 0 bridgehead atoms. The van der Waals surface area contributed by atoms with Gasteiger partial charge in [-0.2, -0.15) is 16.8 Å². The first-order chi connectivity index (χ1) is 16.6. The number of amides is 4. The van der Waals surface area contributed by atoms with Crippen LogP contribution in [-0.2, 0) is 20.2 Å². The lowest BCUT2D eigenvalue weighted by Crippen LogP contribution is -2.32. The topological polar surface area (TPSA) is 253 Å². The van der Waals surface area contributed by atoms with Crippen molar-refractivity contribution < 1.29 is 35.5 Å². The zero-order valence-electron chi connectivity index (χ0n) is 18.1. The molecule has 14 nitrogen and oxygen atoms in total. The summed E-state index contributed by atoms with van der Waals surface area (Å²) in [6, 6.07) is 10.3. The zero-order chi connectivity index (χ0) is 27.0. The van der Waals surface area contributed by atoms with Crippen LogP contribution < -0.4 is 32.7 Å². The largest absolute Gasteiger partial charge is 0.398 e. The van der Waals surface area contributed by atoms with Gasteiger partial charge in [-0.15, -0.1) is 0 Å². The molecule has 0 radical (unpaired) electrons. The quantitative estimate of drug-likeness (QED) is 0.196. The molecule has 0 aromatic heterocycles. The number of carbonyl (C=O) groups excluding carboxylic acids is 2. The molecular weight excluding hydrogens is 516 g/mol. The Morgan fingerprint density at radius 1 is 0.583 bits per heavy atom. The van der Waals surface area contributed by atoms with Gasteiger partial charge in [-0.1, -0.05) is 0 Å². The van der Waals surface area contributed by atoms with Crippen LogP contribution in [-0.4, -0.2) is 38.0 Å². The van der Waals surface area contributed by atoms with E-state index in [4.69, 9.17) is 22.9 Å². The van der Waals surface area contributed by atoms with E-state index in [9.17, 15) is 35.5 Å². The molecule has 190 valence electrons. The minimum atomic E-state index is -4.59. The first-order valence-electron chi connectivity index (χ1n) is 9.64. The maximum absolute atomic E-state index is 12.2. The van der Waals surface area contributed by atoms with E-state index in [2.05, 4.69) is 0 Å². The van der Waals surface area contributed by atoms with Crippen LogP contribution in [0.25, 0.3) is 0 Å². The van der Waals surface area contributed by atoms with Gasteiger partial charge in [0.05, 0.1) is 34.1 Å². The third kappa shape index (κ3) is 5.31. The van der Waals surface area contributed by atoms with Crippen LogP contribution in [0.4, 0.5) is 43.7 Å². The SMILES string of the molecule is NC(=O)N(c1ccc(N(C(N)=O)c2ccc(S(=O)(=O)O)c(N)c2)cc1)c1ccc(S(=O)(=O)O)c(N)c1. The van der Waals surface area contributed by atoms with E-state index < -0.39 is 42.1 Å². The van der Waals surface area contributed by atoms with Gasteiger partial charge in [-0.05, 0) is 60.7 Å². The van der Waals surface area contributed by atoms with Crippen molar-refractivity contribution in [1.82, 2.24) is 0 Å². The van der Waals surface area contributed by atoms with Crippen molar-refractivity contribution in [2.24, 2.45) is 11.5 Å². The molecule has 0 unspecified atom stereocenters. The molecule has 3 aromatic carbocycles. The number of primary amides is 2. The van der Waals surface area contributed by atoms with Crippen molar-refractivity contribution in [3.63, 3.8) is 0 Å². The molecule has 0 atom stereocenters. The Bertz CT molecular complexity index is 1460. The Kier molecular flexibility index (Phi) is 6.81. The minimum absolute atomic E-state index is 0.0838. The number of hydrogen-bond acceptors (Lipinski definition) is 8. The molecule has 16 heteroatoms. The summed E-state index contributed by atoms with van der Waals surface area (Å²) in [6.45, 7) is 0. The molecule has 0 aliphatic heterocycles. The highest BCUT2D eigenvalue weighted by Crippen LogP contribution is 2.34. The standard InChI is InChI=1S/C20H20N6O8S2/c21-15-9-13(5-7-17(15)35(29,30)31)25(19(23)27)11-1-2-12(4-3-11)26(20(24)28)14-6-8-18(16(22)10-14)36(32,33)34/h1-10H,21-22H2,(H2,23,27)(H2,24,28)(H,29,30,31)(H,32,33,34). The average molecular weight is 537 g/mol. The van der Waals surface area contributed by atoms with Gasteiger partial charge in [-0.25, -0.2) is 9.59 Å². The van der Waals surface area contributed by atoms with E-state index in [0.29, 0.717) is 0 Å². The highest BCUT2D eigenvalue weighted by Gasteiger charge is 2.22. The predicted molar refractivity (Wildman–Crippen MR) is 131 cm³/mol. The number of benzene rings is 3. The van der Waals surface area contributed by atoms with E-state index in [-0.39, 0.29) is 34.1 Å². The second-order valence-corrected chi connectivity index (χ2v) is 10.0. The summed E-state index contributed by atoms with van der Waals surface area (Å²) in [7, 11) is -9.18. The average Bonchev–Trinajstić information content (AvgIpc) is 2.73. The number of urea groups is 2. The first-order valence-corrected chi connectivity index (χ1v) is 12.5. The maximum atomic E-state index is 12.2. The van der Waals surface area contributed by atoms with Gasteiger partial charge in [0, 0.05) is 0 Å². The summed E-state index contributed by atoms with van der Waals surface area (Å²) in [4.78, 5) is 25.2. The molecule has 0 aliphatic rings. The summed E-state index contributed by atoms with van der Waals surface area (Å²) in [5.41, 5.74) is 22.3. The van der Waals surface area contributed by atoms with Gasteiger partial charge in [-0.3, -0.25) is 18.9 Å². The molecule has 10 N–H and O–H groups in total. The van der Waals surface area contributed by atoms with Gasteiger partial charge >= 0.3 is 12.1 Å². The van der Waals surface area contributed by atoms with Crippen LogP contribution >= 0.6 is 0 Å². The van der Waals surface area contributed by atoms with Crippen LogP contribution in [0.2, 0.25) is 0 Å². The summed E-state index contributed by atoms with van der Waals surface area (Å²) in [5.74, 6) is 0. The monoisotopic (exact) mass is 536 g/mol. The van der Waals surface area contributed by atoms with Crippen molar-refractivity contribution in [3.8, 4) is 0 Å². The number of nitrogens with zero attached hydrogens (tertiary/aromatic N) is 2. The number of hydrogen-bond donors (Lipinski definition) is 6.